The molecule has 0 aliphatic carbocycles. The number of non-ortho nitro benzene ring substituents is 1. The molecule has 20 heavy (non-hydrogen) atoms. The minimum Gasteiger partial charge on any atom is -0.392 e. The molecule has 1 aliphatic rings. The molecule has 1 aliphatic heterocycles. The number of nitrogens with zero attached hydrogens (tertiary/aromatic N) is 2. The number of hydrogen-bond donors (Lipinski definition) is 1. The second-order valence-corrected chi connectivity index (χ2v) is 6.77. The fraction of sp³-hybridized carbons (Fsp3) is 0.500. The number of benzene rings is 1. The van der Waals surface area contributed by atoms with Gasteiger partial charge in [0.2, 0.25) is 10.0 Å². The lowest BCUT2D eigenvalue weighted by molar-refractivity contribution is -0.385. The fourth-order valence-corrected chi connectivity index (χ4v) is 4.02. The van der Waals surface area contributed by atoms with Gasteiger partial charge in [-0.1, -0.05) is 6.07 Å². The van der Waals surface area contributed by atoms with Gasteiger partial charge in [-0.2, -0.15) is 4.31 Å². The number of nitro benzene ring substituents is 1. The molecule has 1 aromatic carbocycles. The monoisotopic (exact) mass is 300 g/mol. The van der Waals surface area contributed by atoms with Crippen molar-refractivity contribution in [1.82, 2.24) is 4.31 Å². The number of β-amino-alcohol motifs (C(OH)–C–C–N with tert-alkyl or cyclic N) is 1. The minimum atomic E-state index is -3.81. The van der Waals surface area contributed by atoms with Crippen LogP contribution in [0.4, 0.5) is 5.69 Å². The lowest BCUT2D eigenvalue weighted by Crippen LogP contribution is -2.42. The predicted octanol–water partition coefficient (Wildman–Crippen LogP) is 1.05. The van der Waals surface area contributed by atoms with Gasteiger partial charge in [0.1, 0.15) is 0 Å². The summed E-state index contributed by atoms with van der Waals surface area (Å²) in [5.41, 5.74) is 0.197. The number of hydrogen-bond acceptors (Lipinski definition) is 5. The Kier molecular flexibility index (Phi) is 4.07. The fourth-order valence-electron chi connectivity index (χ4n) is 2.26. The van der Waals surface area contributed by atoms with Gasteiger partial charge in [0, 0.05) is 25.2 Å². The first kappa shape index (κ1) is 14.9. The number of aliphatic hydroxyl groups excluding tert-OH is 1. The summed E-state index contributed by atoms with van der Waals surface area (Å²) in [6.45, 7) is 1.95. The van der Waals surface area contributed by atoms with Gasteiger partial charge < -0.3 is 5.11 Å². The van der Waals surface area contributed by atoms with E-state index in [1.54, 1.807) is 6.92 Å². The molecule has 1 unspecified atom stereocenters. The van der Waals surface area contributed by atoms with Crippen LogP contribution in [0.5, 0.6) is 0 Å². The Morgan fingerprint density at radius 2 is 2.15 bits per heavy atom. The van der Waals surface area contributed by atoms with Gasteiger partial charge in [0.15, 0.2) is 0 Å². The normalized spacial score (nSPS) is 20.8. The first-order chi connectivity index (χ1) is 9.32. The van der Waals surface area contributed by atoms with E-state index in [-0.39, 0.29) is 17.1 Å². The maximum Gasteiger partial charge on any atom is 0.270 e. The van der Waals surface area contributed by atoms with Crippen molar-refractivity contribution in [3.8, 4) is 0 Å². The number of sulfonamides is 1. The molecule has 0 radical (unpaired) electrons. The third kappa shape index (κ3) is 2.82. The van der Waals surface area contributed by atoms with Crippen LogP contribution >= 0.6 is 0 Å². The Bertz CT molecular complexity index is 629. The number of nitro groups is 1. The van der Waals surface area contributed by atoms with E-state index in [4.69, 9.17) is 0 Å². The Labute approximate surface area is 117 Å². The van der Waals surface area contributed by atoms with Crippen molar-refractivity contribution in [1.29, 1.82) is 0 Å². The molecule has 1 saturated heterocycles. The third-order valence-electron chi connectivity index (χ3n) is 3.36. The highest BCUT2D eigenvalue weighted by Gasteiger charge is 2.31. The molecule has 110 valence electrons. The molecule has 8 heteroatoms. The average molecular weight is 300 g/mol. The van der Waals surface area contributed by atoms with Crippen LogP contribution in [0.1, 0.15) is 18.4 Å². The molecule has 2 rings (SSSR count). The van der Waals surface area contributed by atoms with Crippen molar-refractivity contribution in [3.05, 3.63) is 33.9 Å². The van der Waals surface area contributed by atoms with Crippen molar-refractivity contribution in [2.45, 2.75) is 30.8 Å². The summed E-state index contributed by atoms with van der Waals surface area (Å²) in [5, 5.41) is 20.4. The molecule has 0 saturated carbocycles. The Balaban J connectivity index is 2.43. The van der Waals surface area contributed by atoms with Gasteiger partial charge in [0.25, 0.3) is 5.69 Å². The van der Waals surface area contributed by atoms with Crippen molar-refractivity contribution < 1.29 is 18.4 Å². The molecule has 0 spiro atoms. The van der Waals surface area contributed by atoms with Crippen molar-refractivity contribution in [3.63, 3.8) is 0 Å². The average Bonchev–Trinajstić information content (AvgIpc) is 2.38. The lowest BCUT2D eigenvalue weighted by atomic mass is 10.1. The van der Waals surface area contributed by atoms with Crippen LogP contribution in [0.3, 0.4) is 0 Å². The van der Waals surface area contributed by atoms with E-state index >= 15 is 0 Å². The quantitative estimate of drug-likeness (QED) is 0.664. The predicted molar refractivity (Wildman–Crippen MR) is 71.8 cm³/mol. The zero-order valence-electron chi connectivity index (χ0n) is 11.0. The van der Waals surface area contributed by atoms with Crippen LogP contribution in [0.15, 0.2) is 23.1 Å². The van der Waals surface area contributed by atoms with Crippen LogP contribution in [-0.4, -0.2) is 41.9 Å². The van der Waals surface area contributed by atoms with E-state index in [1.165, 1.54) is 16.4 Å². The summed E-state index contributed by atoms with van der Waals surface area (Å²) in [6.07, 6.45) is 0.464. The standard InChI is InChI=1S/C12H16N2O5S/c1-9-4-5-10(14(16)17)7-12(9)20(18,19)13-6-2-3-11(15)8-13/h4-5,7,11,15H,2-3,6,8H2,1H3. The third-order valence-corrected chi connectivity index (χ3v) is 5.37. The van der Waals surface area contributed by atoms with Gasteiger partial charge in [-0.15, -0.1) is 0 Å². The van der Waals surface area contributed by atoms with Crippen LogP contribution in [0, 0.1) is 17.0 Å². The Hall–Kier alpha value is -1.51. The SMILES string of the molecule is Cc1ccc([N+](=O)[O-])cc1S(=O)(=O)N1CCCC(O)C1. The molecule has 0 amide bonds. The largest absolute Gasteiger partial charge is 0.392 e. The maximum absolute atomic E-state index is 12.5. The van der Waals surface area contributed by atoms with E-state index < -0.39 is 21.1 Å². The summed E-state index contributed by atoms with van der Waals surface area (Å²) in [4.78, 5) is 10.1. The first-order valence-electron chi connectivity index (χ1n) is 6.25. The van der Waals surface area contributed by atoms with Gasteiger partial charge in [-0.25, -0.2) is 8.42 Å². The highest BCUT2D eigenvalue weighted by molar-refractivity contribution is 7.89. The molecular formula is C12H16N2O5S. The van der Waals surface area contributed by atoms with Crippen molar-refractivity contribution in [2.75, 3.05) is 13.1 Å². The topological polar surface area (TPSA) is 101 Å². The van der Waals surface area contributed by atoms with Gasteiger partial charge >= 0.3 is 0 Å². The molecule has 1 heterocycles. The second-order valence-electron chi connectivity index (χ2n) is 4.87. The van der Waals surface area contributed by atoms with E-state index in [1.807, 2.05) is 0 Å². The summed E-state index contributed by atoms with van der Waals surface area (Å²) in [5.74, 6) is 0. The molecule has 1 fully saturated rings. The van der Waals surface area contributed by atoms with Gasteiger partial charge in [-0.3, -0.25) is 10.1 Å². The van der Waals surface area contributed by atoms with Crippen LogP contribution in [-0.2, 0) is 10.0 Å². The number of aryl methyl sites for hydroxylation is 1. The van der Waals surface area contributed by atoms with Crippen molar-refractivity contribution >= 4 is 15.7 Å². The highest BCUT2D eigenvalue weighted by Crippen LogP contribution is 2.26. The zero-order chi connectivity index (χ0) is 14.9. The Morgan fingerprint density at radius 3 is 2.75 bits per heavy atom. The zero-order valence-corrected chi connectivity index (χ0v) is 11.8. The van der Waals surface area contributed by atoms with Gasteiger partial charge in [0.05, 0.1) is 15.9 Å². The summed E-state index contributed by atoms with van der Waals surface area (Å²) in [6, 6.07) is 3.77. The lowest BCUT2D eigenvalue weighted by Gasteiger charge is -2.29. The van der Waals surface area contributed by atoms with E-state index in [0.29, 0.717) is 24.9 Å². The first-order valence-corrected chi connectivity index (χ1v) is 7.69. The summed E-state index contributed by atoms with van der Waals surface area (Å²) in [7, 11) is -3.81. The number of piperidine rings is 1. The molecule has 1 aromatic rings. The van der Waals surface area contributed by atoms with Gasteiger partial charge in [-0.05, 0) is 25.3 Å². The van der Waals surface area contributed by atoms with E-state index in [9.17, 15) is 23.6 Å². The summed E-state index contributed by atoms with van der Waals surface area (Å²) < 4.78 is 26.2. The molecule has 1 N–H and O–H groups in total. The van der Waals surface area contributed by atoms with Crippen LogP contribution in [0.25, 0.3) is 0 Å². The maximum atomic E-state index is 12.5. The summed E-state index contributed by atoms with van der Waals surface area (Å²) >= 11 is 0. The number of rotatable bonds is 3. The van der Waals surface area contributed by atoms with Crippen LogP contribution in [0.2, 0.25) is 0 Å². The molecule has 0 bridgehead atoms. The van der Waals surface area contributed by atoms with E-state index in [2.05, 4.69) is 0 Å². The molecule has 0 aromatic heterocycles. The van der Waals surface area contributed by atoms with E-state index in [0.717, 1.165) is 6.07 Å². The van der Waals surface area contributed by atoms with Crippen LogP contribution < -0.4 is 0 Å². The second kappa shape index (κ2) is 5.47. The highest BCUT2D eigenvalue weighted by atomic mass is 32.2. The number of aliphatic hydroxyl groups is 1. The minimum absolute atomic E-state index is 0.0322. The molecule has 7 nitrogen and oxygen atoms in total. The van der Waals surface area contributed by atoms with Crippen molar-refractivity contribution in [2.24, 2.45) is 0 Å². The smallest absolute Gasteiger partial charge is 0.270 e. The molecular weight excluding hydrogens is 284 g/mol. The molecule has 1 atom stereocenters. The Morgan fingerprint density at radius 1 is 1.45 bits per heavy atom.